The molecule has 0 fully saturated rings. The lowest BCUT2D eigenvalue weighted by Crippen LogP contribution is -2.34. The van der Waals surface area contributed by atoms with Gasteiger partial charge < -0.3 is 9.47 Å². The van der Waals surface area contributed by atoms with Gasteiger partial charge in [-0.25, -0.2) is 9.59 Å². The molecule has 7 nitrogen and oxygen atoms in total. The van der Waals surface area contributed by atoms with E-state index in [1.54, 1.807) is 78.9 Å². The highest BCUT2D eigenvalue weighted by Gasteiger charge is 2.40. The molecule has 0 heterocycles. The van der Waals surface area contributed by atoms with Crippen LogP contribution in [0, 0.1) is 10.1 Å². The second-order valence-corrected chi connectivity index (χ2v) is 10.7. The van der Waals surface area contributed by atoms with Crippen molar-refractivity contribution in [3.05, 3.63) is 135 Å². The van der Waals surface area contributed by atoms with Gasteiger partial charge in [0.1, 0.15) is 6.10 Å². The third-order valence-electron chi connectivity index (χ3n) is 7.20. The van der Waals surface area contributed by atoms with Gasteiger partial charge in [0.25, 0.3) is 5.69 Å². The molecule has 1 aliphatic rings. The number of hydrogen-bond acceptors (Lipinski definition) is 6. The highest BCUT2D eigenvalue weighted by atomic mass is 79.9. The Morgan fingerprint density at radius 3 is 1.90 bits per heavy atom. The molecule has 0 amide bonds. The molecule has 0 aromatic heterocycles. The molecule has 5 aromatic rings. The molecule has 0 aliphatic heterocycles. The average Bonchev–Trinajstić information content (AvgIpc) is 2.98. The molecule has 0 N–H and O–H groups in total. The average molecular weight is 596 g/mol. The first kappa shape index (κ1) is 25.7. The predicted molar refractivity (Wildman–Crippen MR) is 155 cm³/mol. The molecule has 0 bridgehead atoms. The smallest absolute Gasteiger partial charge is 0.338 e. The van der Waals surface area contributed by atoms with Gasteiger partial charge in [-0.15, -0.1) is 0 Å². The van der Waals surface area contributed by atoms with Gasteiger partial charge in [-0.05, 0) is 52.1 Å². The molecule has 0 saturated carbocycles. The Kier molecular flexibility index (Phi) is 6.77. The van der Waals surface area contributed by atoms with E-state index < -0.39 is 24.1 Å². The first-order valence-electron chi connectivity index (χ1n) is 12.7. The van der Waals surface area contributed by atoms with E-state index in [0.717, 1.165) is 16.3 Å². The molecule has 5 aromatic carbocycles. The summed E-state index contributed by atoms with van der Waals surface area (Å²) in [7, 11) is 0. The fraction of sp³-hybridized carbons (Fsp3) is 0.125. The minimum Gasteiger partial charge on any atom is -0.454 e. The Labute approximate surface area is 237 Å². The van der Waals surface area contributed by atoms with Gasteiger partial charge in [-0.1, -0.05) is 82.7 Å². The third kappa shape index (κ3) is 4.60. The summed E-state index contributed by atoms with van der Waals surface area (Å²) in [6.07, 6.45) is -1.44. The number of carbonyl (C=O) groups is 2. The van der Waals surface area contributed by atoms with E-state index in [9.17, 15) is 19.7 Å². The number of nitrogens with zero attached hydrogens (tertiary/aromatic N) is 1. The number of nitro benzene ring substituents is 1. The van der Waals surface area contributed by atoms with Crippen molar-refractivity contribution in [1.82, 2.24) is 0 Å². The Hall–Kier alpha value is -4.56. The summed E-state index contributed by atoms with van der Waals surface area (Å²) in [5, 5.41) is 14.9. The van der Waals surface area contributed by atoms with E-state index >= 15 is 0 Å². The van der Waals surface area contributed by atoms with Gasteiger partial charge >= 0.3 is 11.9 Å². The molecular formula is C32H22BrNO6. The Morgan fingerprint density at radius 1 is 0.725 bits per heavy atom. The lowest BCUT2D eigenvalue weighted by Gasteiger charge is -2.36. The normalized spacial score (nSPS) is 18.2. The van der Waals surface area contributed by atoms with Crippen LogP contribution < -0.4 is 0 Å². The number of carbonyl (C=O) groups excluding carboxylic acids is 2. The van der Waals surface area contributed by atoms with Crippen molar-refractivity contribution in [3.8, 4) is 0 Å². The van der Waals surface area contributed by atoms with Crippen LogP contribution in [0.3, 0.4) is 0 Å². The number of esters is 2. The van der Waals surface area contributed by atoms with Crippen LogP contribution in [0.25, 0.3) is 21.5 Å². The first-order chi connectivity index (χ1) is 19.4. The van der Waals surface area contributed by atoms with E-state index in [0.29, 0.717) is 27.5 Å². The third-order valence-corrected chi connectivity index (χ3v) is 8.03. The van der Waals surface area contributed by atoms with Crippen LogP contribution >= 0.6 is 15.9 Å². The minimum atomic E-state index is -0.931. The SMILES string of the molecule is O=C(O[C@@H]1c2ccc3c(cc([N+](=O)[O-])c4ccccc43)c2C(Br)C[C@H]1OC(=O)c1ccccc1)c1ccccc1. The van der Waals surface area contributed by atoms with Gasteiger partial charge in [-0.2, -0.15) is 0 Å². The highest BCUT2D eigenvalue weighted by molar-refractivity contribution is 9.09. The zero-order valence-electron chi connectivity index (χ0n) is 21.0. The van der Waals surface area contributed by atoms with Gasteiger partial charge in [0.05, 0.1) is 21.4 Å². The lowest BCUT2D eigenvalue weighted by atomic mass is 9.82. The summed E-state index contributed by atoms with van der Waals surface area (Å²) in [5.74, 6) is -1.09. The second kappa shape index (κ2) is 10.5. The molecule has 0 radical (unpaired) electrons. The van der Waals surface area contributed by atoms with Crippen molar-refractivity contribution >= 4 is 55.1 Å². The summed E-state index contributed by atoms with van der Waals surface area (Å²) in [5.41, 5.74) is 2.13. The largest absolute Gasteiger partial charge is 0.454 e. The zero-order chi connectivity index (χ0) is 27.8. The molecule has 1 unspecified atom stereocenters. The maximum atomic E-state index is 13.2. The molecular weight excluding hydrogens is 574 g/mol. The molecule has 0 saturated heterocycles. The number of rotatable bonds is 5. The van der Waals surface area contributed by atoms with Crippen LogP contribution in [-0.2, 0) is 9.47 Å². The van der Waals surface area contributed by atoms with Gasteiger partial charge in [-0.3, -0.25) is 10.1 Å². The number of alkyl halides is 1. The fourth-order valence-electron chi connectivity index (χ4n) is 5.38. The Morgan fingerprint density at radius 2 is 1.27 bits per heavy atom. The van der Waals surface area contributed by atoms with Gasteiger partial charge in [0, 0.05) is 22.9 Å². The number of halogens is 1. The van der Waals surface area contributed by atoms with Crippen molar-refractivity contribution < 1.29 is 24.0 Å². The Balaban J connectivity index is 1.50. The van der Waals surface area contributed by atoms with Crippen molar-refractivity contribution in [2.24, 2.45) is 0 Å². The number of nitro groups is 1. The number of non-ortho nitro benzene ring substituents is 1. The molecule has 8 heteroatoms. The maximum Gasteiger partial charge on any atom is 0.338 e. The Bertz CT molecular complexity index is 1770. The number of ether oxygens (including phenoxy) is 2. The number of fused-ring (bicyclic) bond motifs is 5. The van der Waals surface area contributed by atoms with E-state index in [1.807, 2.05) is 24.3 Å². The molecule has 40 heavy (non-hydrogen) atoms. The van der Waals surface area contributed by atoms with Crippen LogP contribution in [0.1, 0.15) is 49.2 Å². The number of hydrogen-bond donors (Lipinski definition) is 0. The van der Waals surface area contributed by atoms with E-state index in [4.69, 9.17) is 9.47 Å². The van der Waals surface area contributed by atoms with E-state index in [1.165, 1.54) is 0 Å². The van der Waals surface area contributed by atoms with E-state index in [-0.39, 0.29) is 21.9 Å². The van der Waals surface area contributed by atoms with Crippen LogP contribution in [0.15, 0.2) is 103 Å². The van der Waals surface area contributed by atoms with Crippen molar-refractivity contribution in [3.63, 3.8) is 0 Å². The minimum absolute atomic E-state index is 0.00772. The van der Waals surface area contributed by atoms with Gasteiger partial charge in [0.2, 0.25) is 0 Å². The van der Waals surface area contributed by atoms with Crippen LogP contribution in [0.5, 0.6) is 0 Å². The van der Waals surface area contributed by atoms with Crippen LogP contribution in [0.2, 0.25) is 0 Å². The van der Waals surface area contributed by atoms with Crippen LogP contribution in [0.4, 0.5) is 5.69 Å². The first-order valence-corrected chi connectivity index (χ1v) is 13.6. The maximum absolute atomic E-state index is 13.2. The predicted octanol–water partition coefficient (Wildman–Crippen LogP) is 7.86. The van der Waals surface area contributed by atoms with Crippen LogP contribution in [-0.4, -0.2) is 23.0 Å². The van der Waals surface area contributed by atoms with Crippen molar-refractivity contribution in [2.45, 2.75) is 23.5 Å². The molecule has 198 valence electrons. The zero-order valence-corrected chi connectivity index (χ0v) is 22.6. The summed E-state index contributed by atoms with van der Waals surface area (Å²) >= 11 is 3.76. The fourth-order valence-corrected chi connectivity index (χ4v) is 6.26. The summed E-state index contributed by atoms with van der Waals surface area (Å²) in [6, 6.07) is 29.7. The number of benzene rings is 5. The second-order valence-electron chi connectivity index (χ2n) is 9.57. The van der Waals surface area contributed by atoms with Crippen molar-refractivity contribution in [1.29, 1.82) is 0 Å². The quantitative estimate of drug-likeness (QED) is 0.0674. The van der Waals surface area contributed by atoms with Crippen molar-refractivity contribution in [2.75, 3.05) is 0 Å². The highest BCUT2D eigenvalue weighted by Crippen LogP contribution is 2.49. The topological polar surface area (TPSA) is 95.7 Å². The molecule has 3 atom stereocenters. The lowest BCUT2D eigenvalue weighted by molar-refractivity contribution is -0.382. The monoisotopic (exact) mass is 595 g/mol. The molecule has 0 spiro atoms. The van der Waals surface area contributed by atoms with E-state index in [2.05, 4.69) is 15.9 Å². The molecule has 1 aliphatic carbocycles. The summed E-state index contributed by atoms with van der Waals surface area (Å²) in [4.78, 5) is 37.6. The van der Waals surface area contributed by atoms with Gasteiger partial charge in [0.15, 0.2) is 6.10 Å². The standard InChI is InChI=1S/C32H22BrNO6/c33-26-18-28(39-31(35)19-9-3-1-4-10-19)30(40-32(36)20-11-5-2-6-12-20)24-16-15-22-21-13-7-8-14-23(21)27(34(37)38)17-25(22)29(24)26/h1-17,26,28,30H,18H2/t26?,28-,30-/m1/s1. The summed E-state index contributed by atoms with van der Waals surface area (Å²) < 4.78 is 12.0. The summed E-state index contributed by atoms with van der Waals surface area (Å²) in [6.45, 7) is 0. The molecule has 6 rings (SSSR count).